The molecule has 0 aromatic carbocycles. The van der Waals surface area contributed by atoms with E-state index in [9.17, 15) is 12.3 Å². The third-order valence-electron chi connectivity index (χ3n) is 1.41. The highest BCUT2D eigenvalue weighted by Gasteiger charge is 2.24. The normalized spacial score (nSPS) is 11.4. The van der Waals surface area contributed by atoms with E-state index >= 15 is 0 Å². The number of halogens is 2. The van der Waals surface area contributed by atoms with Crippen LogP contribution in [0.4, 0.5) is 9.70 Å². The van der Waals surface area contributed by atoms with Gasteiger partial charge >= 0.3 is 10.2 Å². The second-order valence-electron chi connectivity index (χ2n) is 2.65. The molecule has 0 bridgehead atoms. The van der Waals surface area contributed by atoms with Crippen LogP contribution in [0.3, 0.4) is 0 Å². The predicted octanol–water partition coefficient (Wildman–Crippen LogP) is 0.854. The molecule has 0 aliphatic carbocycles. The van der Waals surface area contributed by atoms with Gasteiger partial charge in [0, 0.05) is 14.1 Å². The molecule has 78 valence electrons. The van der Waals surface area contributed by atoms with Gasteiger partial charge < -0.3 is 4.90 Å². The maximum absolute atomic E-state index is 12.8. The highest BCUT2D eigenvalue weighted by atomic mass is 35.5. The van der Waals surface area contributed by atoms with Crippen molar-refractivity contribution in [2.75, 3.05) is 19.0 Å². The zero-order chi connectivity index (χ0) is 10.9. The van der Waals surface area contributed by atoms with Crippen molar-refractivity contribution in [3.63, 3.8) is 0 Å². The van der Waals surface area contributed by atoms with E-state index in [0.29, 0.717) is 0 Å². The summed E-state index contributed by atoms with van der Waals surface area (Å²) in [7, 11) is -1.87. The van der Waals surface area contributed by atoms with Gasteiger partial charge in [0.2, 0.25) is 0 Å². The molecule has 0 aliphatic rings. The van der Waals surface area contributed by atoms with Crippen molar-refractivity contribution in [1.29, 1.82) is 0 Å². The molecule has 0 saturated carbocycles. The van der Waals surface area contributed by atoms with Crippen molar-refractivity contribution >= 4 is 27.6 Å². The van der Waals surface area contributed by atoms with Gasteiger partial charge in [-0.15, -0.1) is 3.89 Å². The number of aromatic nitrogens is 2. The van der Waals surface area contributed by atoms with Gasteiger partial charge in [-0.2, -0.15) is 8.42 Å². The Balaban J connectivity index is 3.54. The molecule has 0 saturated heterocycles. The summed E-state index contributed by atoms with van der Waals surface area (Å²) in [6, 6.07) is 0. The minimum atomic E-state index is -4.91. The van der Waals surface area contributed by atoms with Gasteiger partial charge in [-0.1, -0.05) is 11.6 Å². The van der Waals surface area contributed by atoms with E-state index in [-0.39, 0.29) is 5.82 Å². The first-order valence-corrected chi connectivity index (χ1v) is 5.22. The topological polar surface area (TPSA) is 63.2 Å². The second kappa shape index (κ2) is 3.66. The number of anilines is 1. The van der Waals surface area contributed by atoms with Gasteiger partial charge in [-0.3, -0.25) is 0 Å². The van der Waals surface area contributed by atoms with E-state index in [2.05, 4.69) is 9.97 Å². The first-order valence-electron chi connectivity index (χ1n) is 3.46. The molecular formula is C6H7ClFN3O2S. The van der Waals surface area contributed by atoms with Crippen molar-refractivity contribution in [1.82, 2.24) is 9.97 Å². The summed E-state index contributed by atoms with van der Waals surface area (Å²) >= 11 is 5.46. The molecule has 0 atom stereocenters. The fourth-order valence-electron chi connectivity index (χ4n) is 0.872. The largest absolute Gasteiger partial charge is 0.361 e. The predicted molar refractivity (Wildman–Crippen MR) is 49.7 cm³/mol. The minimum Gasteiger partial charge on any atom is -0.361 e. The zero-order valence-electron chi connectivity index (χ0n) is 7.40. The summed E-state index contributed by atoms with van der Waals surface area (Å²) in [5.74, 6) is -0.0764. The van der Waals surface area contributed by atoms with E-state index in [0.717, 1.165) is 6.33 Å². The van der Waals surface area contributed by atoms with Gasteiger partial charge in [0.25, 0.3) is 0 Å². The van der Waals surface area contributed by atoms with E-state index in [1.807, 2.05) is 0 Å². The van der Waals surface area contributed by atoms with Crippen LogP contribution >= 0.6 is 11.6 Å². The molecule has 0 amide bonds. The Morgan fingerprint density at radius 1 is 1.43 bits per heavy atom. The Morgan fingerprint density at radius 2 is 2.00 bits per heavy atom. The first kappa shape index (κ1) is 11.1. The molecule has 0 unspecified atom stereocenters. The lowest BCUT2D eigenvalue weighted by Gasteiger charge is -2.13. The summed E-state index contributed by atoms with van der Waals surface area (Å²) in [5.41, 5.74) is 0. The van der Waals surface area contributed by atoms with Crippen LogP contribution in [0, 0.1) is 0 Å². The van der Waals surface area contributed by atoms with Crippen molar-refractivity contribution in [3.05, 3.63) is 11.5 Å². The average molecular weight is 240 g/mol. The molecule has 5 nitrogen and oxygen atoms in total. The molecule has 0 N–H and O–H groups in total. The Morgan fingerprint density at radius 3 is 2.36 bits per heavy atom. The lowest BCUT2D eigenvalue weighted by Crippen LogP contribution is -2.15. The van der Waals surface area contributed by atoms with E-state index in [4.69, 9.17) is 11.6 Å². The molecule has 1 aromatic heterocycles. The van der Waals surface area contributed by atoms with Gasteiger partial charge in [0.1, 0.15) is 6.33 Å². The van der Waals surface area contributed by atoms with Crippen LogP contribution in [0.1, 0.15) is 0 Å². The van der Waals surface area contributed by atoms with Crippen molar-refractivity contribution in [2.24, 2.45) is 0 Å². The third kappa shape index (κ3) is 2.10. The van der Waals surface area contributed by atoms with Gasteiger partial charge in [-0.05, 0) is 0 Å². The molecule has 8 heteroatoms. The number of hydrogen-bond donors (Lipinski definition) is 0. The van der Waals surface area contributed by atoms with Crippen LogP contribution in [0.15, 0.2) is 11.2 Å². The van der Waals surface area contributed by atoms with E-state index in [1.54, 1.807) is 0 Å². The number of rotatable bonds is 2. The minimum absolute atomic E-state index is 0.0764. The zero-order valence-corrected chi connectivity index (χ0v) is 8.97. The summed E-state index contributed by atoms with van der Waals surface area (Å²) in [6.07, 6.45) is 1.06. The second-order valence-corrected chi connectivity index (χ2v) is 4.29. The highest BCUT2D eigenvalue weighted by Crippen LogP contribution is 2.28. The SMILES string of the molecule is CN(C)c1ncnc(Cl)c1S(=O)(=O)F. The molecule has 1 rings (SSSR count). The molecule has 0 radical (unpaired) electrons. The van der Waals surface area contributed by atoms with Crippen LogP contribution in [0.5, 0.6) is 0 Å². The van der Waals surface area contributed by atoms with Gasteiger partial charge in [-0.25, -0.2) is 9.97 Å². The Bertz CT molecular complexity index is 448. The Labute approximate surface area is 85.8 Å². The Kier molecular flexibility index (Phi) is 2.91. The highest BCUT2D eigenvalue weighted by molar-refractivity contribution is 7.86. The molecule has 0 fully saturated rings. The maximum atomic E-state index is 12.8. The smallest absolute Gasteiger partial charge is 0.338 e. The summed E-state index contributed by atoms with van der Waals surface area (Å²) < 4.78 is 34.2. The van der Waals surface area contributed by atoms with Crippen molar-refractivity contribution in [2.45, 2.75) is 4.90 Å². The lowest BCUT2D eigenvalue weighted by atomic mass is 10.5. The quantitative estimate of drug-likeness (QED) is 0.566. The van der Waals surface area contributed by atoms with Crippen LogP contribution < -0.4 is 4.90 Å². The first-order chi connectivity index (χ1) is 6.34. The van der Waals surface area contributed by atoms with Crippen LogP contribution in [-0.4, -0.2) is 32.5 Å². The molecule has 14 heavy (non-hydrogen) atoms. The fourth-order valence-corrected chi connectivity index (χ4v) is 1.98. The van der Waals surface area contributed by atoms with Crippen LogP contribution in [0.25, 0.3) is 0 Å². The maximum Gasteiger partial charge on any atom is 0.338 e. The molecule has 0 spiro atoms. The molecular weight excluding hydrogens is 233 g/mol. The standard InChI is InChI=1S/C6H7ClFN3O2S/c1-11(2)6-4(14(8,12)13)5(7)9-3-10-6/h3H,1-2H3. The van der Waals surface area contributed by atoms with Gasteiger partial charge in [0.05, 0.1) is 0 Å². The van der Waals surface area contributed by atoms with Crippen molar-refractivity contribution in [3.8, 4) is 0 Å². The Hall–Kier alpha value is -0.950. The third-order valence-corrected chi connectivity index (χ3v) is 2.67. The summed E-state index contributed by atoms with van der Waals surface area (Å²) in [6.45, 7) is 0. The summed E-state index contributed by atoms with van der Waals surface area (Å²) in [5, 5.41) is -0.425. The monoisotopic (exact) mass is 239 g/mol. The number of nitrogens with zero attached hydrogens (tertiary/aromatic N) is 3. The summed E-state index contributed by atoms with van der Waals surface area (Å²) in [4.78, 5) is 7.65. The van der Waals surface area contributed by atoms with E-state index < -0.39 is 20.3 Å². The van der Waals surface area contributed by atoms with Crippen molar-refractivity contribution < 1.29 is 12.3 Å². The molecule has 0 aliphatic heterocycles. The molecule has 1 aromatic rings. The molecule has 1 heterocycles. The van der Waals surface area contributed by atoms with Crippen LogP contribution in [0.2, 0.25) is 5.15 Å². The van der Waals surface area contributed by atoms with Gasteiger partial charge in [0.15, 0.2) is 15.9 Å². The average Bonchev–Trinajstić information content (AvgIpc) is 2.01. The lowest BCUT2D eigenvalue weighted by molar-refractivity contribution is 0.551. The van der Waals surface area contributed by atoms with Crippen LogP contribution in [-0.2, 0) is 10.2 Å². The van der Waals surface area contributed by atoms with E-state index in [1.165, 1.54) is 19.0 Å². The fraction of sp³-hybridized carbons (Fsp3) is 0.333. The number of hydrogen-bond acceptors (Lipinski definition) is 5.